The third-order valence-corrected chi connectivity index (χ3v) is 5.61. The van der Waals surface area contributed by atoms with E-state index in [9.17, 15) is 8.42 Å². The van der Waals surface area contributed by atoms with Crippen molar-refractivity contribution in [2.75, 3.05) is 38.2 Å². The number of aryl methyl sites for hydroxylation is 1. The second-order valence-corrected chi connectivity index (χ2v) is 7.84. The molecule has 1 fully saturated rings. The Bertz CT molecular complexity index is 511. The van der Waals surface area contributed by atoms with Gasteiger partial charge in [-0.2, -0.15) is 0 Å². The van der Waals surface area contributed by atoms with E-state index in [1.54, 1.807) is 0 Å². The summed E-state index contributed by atoms with van der Waals surface area (Å²) in [6.07, 6.45) is 1.000. The molecular weight excluding hydrogens is 272 g/mol. The highest BCUT2D eigenvalue weighted by Crippen LogP contribution is 2.18. The summed E-state index contributed by atoms with van der Waals surface area (Å²) >= 11 is 0. The molecule has 1 atom stereocenters. The van der Waals surface area contributed by atoms with Gasteiger partial charge in [-0.25, -0.2) is 8.42 Å². The number of hydrogen-bond donors (Lipinski definition) is 1. The van der Waals surface area contributed by atoms with Gasteiger partial charge < -0.3 is 10.2 Å². The molecule has 1 saturated heterocycles. The van der Waals surface area contributed by atoms with E-state index in [1.165, 1.54) is 11.1 Å². The van der Waals surface area contributed by atoms with Crippen molar-refractivity contribution >= 4 is 9.84 Å². The summed E-state index contributed by atoms with van der Waals surface area (Å²) in [4.78, 5) is 2.25. The molecular formula is C15H24N2O2S. The van der Waals surface area contributed by atoms with Crippen LogP contribution < -0.4 is 5.32 Å². The molecule has 1 N–H and O–H groups in total. The Labute approximate surface area is 122 Å². The average molecular weight is 296 g/mol. The van der Waals surface area contributed by atoms with Gasteiger partial charge in [0.2, 0.25) is 0 Å². The van der Waals surface area contributed by atoms with Crippen molar-refractivity contribution in [2.45, 2.75) is 19.4 Å². The Kier molecular flexibility index (Phi) is 5.18. The van der Waals surface area contributed by atoms with E-state index in [2.05, 4.69) is 41.4 Å². The lowest BCUT2D eigenvalue weighted by Crippen LogP contribution is -2.41. The summed E-state index contributed by atoms with van der Waals surface area (Å²) in [6, 6.07) is 8.92. The van der Waals surface area contributed by atoms with Gasteiger partial charge in [0.1, 0.15) is 0 Å². The lowest BCUT2D eigenvalue weighted by Gasteiger charge is -2.28. The maximum absolute atomic E-state index is 11.4. The van der Waals surface area contributed by atoms with Crippen molar-refractivity contribution in [2.24, 2.45) is 0 Å². The fourth-order valence-electron chi connectivity index (χ4n) is 2.56. The lowest BCUT2D eigenvalue weighted by atomic mass is 10.0. The maximum Gasteiger partial charge on any atom is 0.152 e. The molecule has 1 heterocycles. The molecule has 1 aromatic carbocycles. The van der Waals surface area contributed by atoms with Gasteiger partial charge in [0.05, 0.1) is 11.5 Å². The zero-order valence-corrected chi connectivity index (χ0v) is 13.1. The van der Waals surface area contributed by atoms with Crippen molar-refractivity contribution in [3.63, 3.8) is 0 Å². The second-order valence-electron chi connectivity index (χ2n) is 5.53. The van der Waals surface area contributed by atoms with Gasteiger partial charge >= 0.3 is 0 Å². The minimum Gasteiger partial charge on any atom is -0.313 e. The first-order chi connectivity index (χ1) is 9.50. The van der Waals surface area contributed by atoms with Crippen molar-refractivity contribution in [1.82, 2.24) is 10.2 Å². The largest absolute Gasteiger partial charge is 0.313 e. The molecule has 20 heavy (non-hydrogen) atoms. The zero-order chi connectivity index (χ0) is 14.6. The molecule has 0 spiro atoms. The molecule has 2 rings (SSSR count). The van der Waals surface area contributed by atoms with Crippen molar-refractivity contribution in [3.05, 3.63) is 35.4 Å². The van der Waals surface area contributed by atoms with Crippen molar-refractivity contribution < 1.29 is 8.42 Å². The standard InChI is InChI=1S/C15H24N2O2S/c1-13-3-5-14(6-4-13)15(16-2)7-8-17-9-11-20(18,19)12-10-17/h3-6,15-16H,7-12H2,1-2H3. The first-order valence-electron chi connectivity index (χ1n) is 7.17. The van der Waals surface area contributed by atoms with Gasteiger partial charge in [-0.05, 0) is 26.0 Å². The molecule has 0 bridgehead atoms. The highest BCUT2D eigenvalue weighted by atomic mass is 32.2. The zero-order valence-electron chi connectivity index (χ0n) is 12.3. The Hall–Kier alpha value is -0.910. The van der Waals surface area contributed by atoms with Crippen LogP contribution >= 0.6 is 0 Å². The lowest BCUT2D eigenvalue weighted by molar-refractivity contribution is 0.278. The number of nitrogens with one attached hydrogen (secondary N) is 1. The molecule has 1 aliphatic heterocycles. The van der Waals surface area contributed by atoms with Crippen LogP contribution in [-0.4, -0.2) is 51.5 Å². The quantitative estimate of drug-likeness (QED) is 0.892. The van der Waals surface area contributed by atoms with Gasteiger partial charge in [0.25, 0.3) is 0 Å². The number of rotatable bonds is 5. The highest BCUT2D eigenvalue weighted by Gasteiger charge is 2.22. The van der Waals surface area contributed by atoms with Gasteiger partial charge in [-0.3, -0.25) is 0 Å². The van der Waals surface area contributed by atoms with Crippen LogP contribution in [0.25, 0.3) is 0 Å². The topological polar surface area (TPSA) is 49.4 Å². The van der Waals surface area contributed by atoms with Crippen molar-refractivity contribution in [1.29, 1.82) is 0 Å². The fraction of sp³-hybridized carbons (Fsp3) is 0.600. The molecule has 0 aromatic heterocycles. The predicted molar refractivity (Wildman–Crippen MR) is 82.7 cm³/mol. The molecule has 1 aliphatic rings. The average Bonchev–Trinajstić information content (AvgIpc) is 2.43. The number of benzene rings is 1. The smallest absolute Gasteiger partial charge is 0.152 e. The molecule has 1 aromatic rings. The second kappa shape index (κ2) is 6.70. The van der Waals surface area contributed by atoms with Crippen LogP contribution in [0, 0.1) is 6.92 Å². The highest BCUT2D eigenvalue weighted by molar-refractivity contribution is 7.91. The van der Waals surface area contributed by atoms with E-state index in [4.69, 9.17) is 0 Å². The van der Waals surface area contributed by atoms with E-state index in [0.29, 0.717) is 30.6 Å². The van der Waals surface area contributed by atoms with Gasteiger partial charge in [-0.1, -0.05) is 29.8 Å². The van der Waals surface area contributed by atoms with E-state index in [-0.39, 0.29) is 0 Å². The molecule has 0 saturated carbocycles. The number of sulfone groups is 1. The molecule has 0 radical (unpaired) electrons. The number of hydrogen-bond acceptors (Lipinski definition) is 4. The molecule has 112 valence electrons. The van der Waals surface area contributed by atoms with Gasteiger partial charge in [0, 0.05) is 25.7 Å². The molecule has 1 unspecified atom stereocenters. The number of nitrogens with zero attached hydrogens (tertiary/aromatic N) is 1. The van der Waals surface area contributed by atoms with Crippen LogP contribution in [0.4, 0.5) is 0 Å². The molecule has 4 nitrogen and oxygen atoms in total. The van der Waals surface area contributed by atoms with Gasteiger partial charge in [0.15, 0.2) is 9.84 Å². The molecule has 0 aliphatic carbocycles. The van der Waals surface area contributed by atoms with Crippen molar-refractivity contribution in [3.8, 4) is 0 Å². The van der Waals surface area contributed by atoms with E-state index in [0.717, 1.165) is 13.0 Å². The van der Waals surface area contributed by atoms with Crippen LogP contribution in [0.15, 0.2) is 24.3 Å². The van der Waals surface area contributed by atoms with E-state index in [1.807, 2.05) is 7.05 Å². The fourth-order valence-corrected chi connectivity index (χ4v) is 3.84. The Balaban J connectivity index is 1.87. The Morgan fingerprint density at radius 2 is 1.80 bits per heavy atom. The molecule has 5 heteroatoms. The maximum atomic E-state index is 11.4. The Morgan fingerprint density at radius 1 is 1.20 bits per heavy atom. The third-order valence-electron chi connectivity index (χ3n) is 4.00. The van der Waals surface area contributed by atoms with E-state index >= 15 is 0 Å². The van der Waals surface area contributed by atoms with Crippen LogP contribution in [0.5, 0.6) is 0 Å². The summed E-state index contributed by atoms with van der Waals surface area (Å²) in [5.74, 6) is 0.615. The Morgan fingerprint density at radius 3 is 2.35 bits per heavy atom. The summed E-state index contributed by atoms with van der Waals surface area (Å²) in [6.45, 7) is 4.38. The minimum absolute atomic E-state index is 0.307. The molecule has 0 amide bonds. The summed E-state index contributed by atoms with van der Waals surface area (Å²) < 4.78 is 22.8. The normalized spacial score (nSPS) is 20.7. The monoisotopic (exact) mass is 296 g/mol. The summed E-state index contributed by atoms with van der Waals surface area (Å²) in [5, 5.41) is 3.35. The van der Waals surface area contributed by atoms with Crippen LogP contribution in [0.1, 0.15) is 23.6 Å². The summed E-state index contributed by atoms with van der Waals surface area (Å²) in [5.41, 5.74) is 2.56. The van der Waals surface area contributed by atoms with Crippen LogP contribution in [0.2, 0.25) is 0 Å². The predicted octanol–water partition coefficient (Wildman–Crippen LogP) is 1.38. The summed E-state index contributed by atoms with van der Waals surface area (Å²) in [7, 11) is -0.797. The first kappa shape index (κ1) is 15.5. The SMILES string of the molecule is CNC(CCN1CCS(=O)(=O)CC1)c1ccc(C)cc1. The van der Waals surface area contributed by atoms with Crippen LogP contribution in [0.3, 0.4) is 0 Å². The third kappa shape index (κ3) is 4.30. The van der Waals surface area contributed by atoms with Gasteiger partial charge in [-0.15, -0.1) is 0 Å². The van der Waals surface area contributed by atoms with E-state index < -0.39 is 9.84 Å². The van der Waals surface area contributed by atoms with Crippen LogP contribution in [-0.2, 0) is 9.84 Å². The first-order valence-corrected chi connectivity index (χ1v) is 8.99. The minimum atomic E-state index is -2.77.